The summed E-state index contributed by atoms with van der Waals surface area (Å²) in [7, 11) is 1.35. The Labute approximate surface area is 133 Å². The highest BCUT2D eigenvalue weighted by molar-refractivity contribution is 5.85. The monoisotopic (exact) mass is 337 g/mol. The molecule has 0 bridgehead atoms. The first-order valence-electron chi connectivity index (χ1n) is 6.82. The largest absolute Gasteiger partial charge is 0.469 e. The Hall–Kier alpha value is -1.27. The van der Waals surface area contributed by atoms with E-state index in [9.17, 15) is 18.0 Å². The summed E-state index contributed by atoms with van der Waals surface area (Å²) in [5, 5.41) is 3.25. The number of nitrogens with one attached hydrogen (secondary N) is 1. The van der Waals surface area contributed by atoms with Gasteiger partial charge in [0.05, 0.1) is 18.6 Å². The third kappa shape index (κ3) is 4.14. The number of methoxy groups -OCH3 is 1. The lowest BCUT2D eigenvalue weighted by molar-refractivity contribution is -0.146. The zero-order chi connectivity index (χ0) is 15.6. The van der Waals surface area contributed by atoms with Gasteiger partial charge in [0.2, 0.25) is 0 Å². The molecule has 0 amide bonds. The summed E-state index contributed by atoms with van der Waals surface area (Å²) in [5.74, 6) is -0.464. The lowest BCUT2D eigenvalue weighted by Crippen LogP contribution is -2.35. The minimum Gasteiger partial charge on any atom is -0.469 e. The Morgan fingerprint density at radius 1 is 1.36 bits per heavy atom. The van der Waals surface area contributed by atoms with Crippen LogP contribution in [-0.2, 0) is 15.7 Å². The number of benzene rings is 1. The number of carbonyl (C=O) groups is 1. The zero-order valence-electron chi connectivity index (χ0n) is 12.4. The van der Waals surface area contributed by atoms with Crippen LogP contribution in [0.25, 0.3) is 0 Å². The molecule has 0 spiro atoms. The van der Waals surface area contributed by atoms with Gasteiger partial charge in [0.25, 0.3) is 0 Å². The van der Waals surface area contributed by atoms with E-state index in [1.807, 2.05) is 0 Å². The molecule has 1 aromatic rings. The molecule has 3 nitrogen and oxygen atoms in total. The molecule has 0 aromatic heterocycles. The molecule has 124 valence electrons. The van der Waals surface area contributed by atoms with Crippen LogP contribution in [0.1, 0.15) is 35.6 Å². The quantitative estimate of drug-likeness (QED) is 0.837. The predicted molar refractivity (Wildman–Crippen MR) is 78.9 cm³/mol. The van der Waals surface area contributed by atoms with Crippen molar-refractivity contribution in [3.63, 3.8) is 0 Å². The molecule has 2 rings (SSSR count). The van der Waals surface area contributed by atoms with Crippen LogP contribution in [-0.4, -0.2) is 19.6 Å². The number of aryl methyl sites for hydroxylation is 1. The van der Waals surface area contributed by atoms with E-state index < -0.39 is 11.7 Å². The van der Waals surface area contributed by atoms with E-state index in [1.54, 1.807) is 6.92 Å². The van der Waals surface area contributed by atoms with Crippen LogP contribution in [0.4, 0.5) is 13.2 Å². The molecule has 2 unspecified atom stereocenters. The SMILES string of the molecule is COC(=O)C1CCNC(c2ccc(C(F)(F)F)cc2C)C1.Cl. The Bertz CT molecular complexity index is 534. The Balaban J connectivity index is 0.00000242. The summed E-state index contributed by atoms with van der Waals surface area (Å²) >= 11 is 0. The minimum atomic E-state index is -4.34. The topological polar surface area (TPSA) is 38.3 Å². The molecule has 7 heteroatoms. The number of rotatable bonds is 2. The molecule has 0 radical (unpaired) electrons. The van der Waals surface area contributed by atoms with Gasteiger partial charge in [-0.15, -0.1) is 12.4 Å². The number of ether oxygens (including phenoxy) is 1. The number of piperidine rings is 1. The highest BCUT2D eigenvalue weighted by Crippen LogP contribution is 2.34. The van der Waals surface area contributed by atoms with Gasteiger partial charge < -0.3 is 10.1 Å². The first kappa shape index (κ1) is 18.8. The first-order valence-corrected chi connectivity index (χ1v) is 6.82. The molecule has 0 aliphatic carbocycles. The van der Waals surface area contributed by atoms with E-state index in [2.05, 4.69) is 5.32 Å². The summed E-state index contributed by atoms with van der Waals surface area (Å²) in [4.78, 5) is 11.6. The van der Waals surface area contributed by atoms with Gasteiger partial charge in [-0.05, 0) is 49.6 Å². The van der Waals surface area contributed by atoms with Gasteiger partial charge in [0.15, 0.2) is 0 Å². The van der Waals surface area contributed by atoms with E-state index in [-0.39, 0.29) is 30.3 Å². The minimum absolute atomic E-state index is 0. The maximum Gasteiger partial charge on any atom is 0.416 e. The number of hydrogen-bond acceptors (Lipinski definition) is 3. The molecule has 1 N–H and O–H groups in total. The van der Waals surface area contributed by atoms with Crippen LogP contribution < -0.4 is 5.32 Å². The van der Waals surface area contributed by atoms with Crippen molar-refractivity contribution in [1.82, 2.24) is 5.32 Å². The van der Waals surface area contributed by atoms with E-state index >= 15 is 0 Å². The first-order chi connectivity index (χ1) is 9.82. The van der Waals surface area contributed by atoms with Crippen molar-refractivity contribution in [2.45, 2.75) is 32.0 Å². The Kier molecular flexibility index (Phi) is 6.26. The van der Waals surface area contributed by atoms with Crippen LogP contribution >= 0.6 is 12.4 Å². The van der Waals surface area contributed by atoms with Crippen LogP contribution in [0, 0.1) is 12.8 Å². The third-order valence-electron chi connectivity index (χ3n) is 3.91. The maximum atomic E-state index is 12.7. The highest BCUT2D eigenvalue weighted by Gasteiger charge is 2.32. The average Bonchev–Trinajstić information content (AvgIpc) is 2.45. The highest BCUT2D eigenvalue weighted by atomic mass is 35.5. The molecule has 2 atom stereocenters. The molecule has 1 aromatic carbocycles. The number of carbonyl (C=O) groups excluding carboxylic acids is 1. The molecule has 1 fully saturated rings. The summed E-state index contributed by atoms with van der Waals surface area (Å²) < 4.78 is 42.8. The number of alkyl halides is 3. The Morgan fingerprint density at radius 2 is 2.05 bits per heavy atom. The maximum absolute atomic E-state index is 12.7. The standard InChI is InChI=1S/C15H18F3NO2.ClH/c1-9-7-11(15(16,17)18)3-4-12(9)13-8-10(5-6-19-13)14(20)21-2;/h3-4,7,10,13,19H,5-6,8H2,1-2H3;1H. The fourth-order valence-corrected chi connectivity index (χ4v) is 2.78. The molecule has 1 aliphatic rings. The zero-order valence-corrected chi connectivity index (χ0v) is 13.2. The Morgan fingerprint density at radius 3 is 2.59 bits per heavy atom. The van der Waals surface area contributed by atoms with Crippen LogP contribution in [0.15, 0.2) is 18.2 Å². The van der Waals surface area contributed by atoms with Crippen LogP contribution in [0.5, 0.6) is 0 Å². The van der Waals surface area contributed by atoms with E-state index in [1.165, 1.54) is 13.2 Å². The second-order valence-corrected chi connectivity index (χ2v) is 5.32. The lowest BCUT2D eigenvalue weighted by Gasteiger charge is -2.30. The normalized spacial score (nSPS) is 21.9. The van der Waals surface area contributed by atoms with Crippen LogP contribution in [0.2, 0.25) is 0 Å². The molecule has 1 aliphatic heterocycles. The fraction of sp³-hybridized carbons (Fsp3) is 0.533. The summed E-state index contributed by atoms with van der Waals surface area (Å²) in [6.07, 6.45) is -3.11. The van der Waals surface area contributed by atoms with Gasteiger partial charge in [-0.3, -0.25) is 4.79 Å². The fourth-order valence-electron chi connectivity index (χ4n) is 2.78. The number of hydrogen-bond donors (Lipinski definition) is 1. The van der Waals surface area contributed by atoms with E-state index in [4.69, 9.17) is 4.74 Å². The average molecular weight is 338 g/mol. The molecule has 22 heavy (non-hydrogen) atoms. The van der Waals surface area contributed by atoms with E-state index in [0.717, 1.165) is 17.7 Å². The van der Waals surface area contributed by atoms with Crippen molar-refractivity contribution in [2.75, 3.05) is 13.7 Å². The van der Waals surface area contributed by atoms with Gasteiger partial charge in [0.1, 0.15) is 0 Å². The number of halogens is 4. The van der Waals surface area contributed by atoms with Gasteiger partial charge in [-0.2, -0.15) is 13.2 Å². The number of esters is 1. The van der Waals surface area contributed by atoms with Gasteiger partial charge in [0, 0.05) is 6.04 Å². The van der Waals surface area contributed by atoms with E-state index in [0.29, 0.717) is 24.9 Å². The van der Waals surface area contributed by atoms with Crippen molar-refractivity contribution in [3.05, 3.63) is 34.9 Å². The summed E-state index contributed by atoms with van der Waals surface area (Å²) in [5.41, 5.74) is 0.730. The van der Waals surface area contributed by atoms with Crippen molar-refractivity contribution in [3.8, 4) is 0 Å². The smallest absolute Gasteiger partial charge is 0.416 e. The lowest BCUT2D eigenvalue weighted by atomic mass is 9.86. The van der Waals surface area contributed by atoms with Gasteiger partial charge >= 0.3 is 12.1 Å². The molecule has 1 saturated heterocycles. The van der Waals surface area contributed by atoms with Crippen molar-refractivity contribution in [2.24, 2.45) is 5.92 Å². The third-order valence-corrected chi connectivity index (χ3v) is 3.91. The molecular weight excluding hydrogens is 319 g/mol. The molecular formula is C15H19ClF3NO2. The van der Waals surface area contributed by atoms with Gasteiger partial charge in [-0.25, -0.2) is 0 Å². The van der Waals surface area contributed by atoms with Crippen LogP contribution in [0.3, 0.4) is 0 Å². The van der Waals surface area contributed by atoms with Gasteiger partial charge in [-0.1, -0.05) is 6.07 Å². The summed E-state index contributed by atoms with van der Waals surface area (Å²) in [6, 6.07) is 3.62. The second-order valence-electron chi connectivity index (χ2n) is 5.32. The second kappa shape index (κ2) is 7.33. The molecule has 1 heterocycles. The van der Waals surface area contributed by atoms with Crippen molar-refractivity contribution < 1.29 is 22.7 Å². The van der Waals surface area contributed by atoms with Crippen molar-refractivity contribution >= 4 is 18.4 Å². The summed E-state index contributed by atoms with van der Waals surface area (Å²) in [6.45, 7) is 2.30. The predicted octanol–water partition coefficient (Wildman–Crippen LogP) is 3.65. The van der Waals surface area contributed by atoms with Crippen molar-refractivity contribution in [1.29, 1.82) is 0 Å². The molecule has 0 saturated carbocycles.